The Morgan fingerprint density at radius 1 is 0.952 bits per heavy atom. The van der Waals surface area contributed by atoms with Crippen LogP contribution in [0.1, 0.15) is 12.8 Å². The van der Waals surface area contributed by atoms with Crippen LogP contribution >= 0.6 is 31.9 Å². The van der Waals surface area contributed by atoms with Crippen molar-refractivity contribution in [3.63, 3.8) is 0 Å². The van der Waals surface area contributed by atoms with E-state index in [2.05, 4.69) is 31.9 Å². The molecule has 0 saturated carbocycles. The van der Waals surface area contributed by atoms with Gasteiger partial charge < -0.3 is 14.9 Å². The summed E-state index contributed by atoms with van der Waals surface area (Å²) in [5.41, 5.74) is -3.44. The molecule has 2 unspecified atom stereocenters. The fourth-order valence-corrected chi connectivity index (χ4v) is 3.34. The van der Waals surface area contributed by atoms with Gasteiger partial charge in [0.15, 0.2) is 11.2 Å². The Hall–Kier alpha value is -1.18. The van der Waals surface area contributed by atoms with E-state index in [1.807, 2.05) is 0 Å². The topological polar surface area (TPSA) is 83.8 Å². The maximum Gasteiger partial charge on any atom is 0.340 e. The van der Waals surface area contributed by atoms with E-state index in [4.69, 9.17) is 4.74 Å². The summed E-state index contributed by atoms with van der Waals surface area (Å²) in [4.78, 5) is 23.3. The van der Waals surface area contributed by atoms with Crippen LogP contribution < -0.4 is 0 Å². The van der Waals surface area contributed by atoms with Gasteiger partial charge in [-0.3, -0.25) is 0 Å². The van der Waals surface area contributed by atoms with Crippen LogP contribution in [0.4, 0.5) is 0 Å². The van der Waals surface area contributed by atoms with E-state index in [1.54, 1.807) is 12.2 Å². The Labute approximate surface area is 137 Å². The molecule has 0 aliphatic heterocycles. The van der Waals surface area contributed by atoms with Crippen molar-refractivity contribution in [2.75, 3.05) is 0 Å². The Kier molecular flexibility index (Phi) is 4.55. The third kappa shape index (κ3) is 3.20. The predicted octanol–water partition coefficient (Wildman–Crippen LogP) is 3.13. The van der Waals surface area contributed by atoms with Crippen molar-refractivity contribution in [2.24, 2.45) is 0 Å². The Morgan fingerprint density at radius 2 is 1.33 bits per heavy atom. The second-order valence-electron chi connectivity index (χ2n) is 4.79. The second-order valence-corrected chi connectivity index (χ2v) is 6.83. The average molecular weight is 420 g/mol. The number of carbonyl (C=O) groups is 2. The summed E-state index contributed by atoms with van der Waals surface area (Å²) in [6.07, 6.45) is 9.26. The zero-order valence-corrected chi connectivity index (χ0v) is 13.9. The van der Waals surface area contributed by atoms with Crippen LogP contribution in [0.15, 0.2) is 45.4 Å². The molecule has 0 spiro atoms. The van der Waals surface area contributed by atoms with Gasteiger partial charge in [-0.1, -0.05) is 56.2 Å². The molecule has 2 N–H and O–H groups in total. The van der Waals surface area contributed by atoms with Gasteiger partial charge in [-0.15, -0.1) is 0 Å². The zero-order valence-electron chi connectivity index (χ0n) is 10.8. The van der Waals surface area contributed by atoms with Crippen molar-refractivity contribution in [3.8, 4) is 0 Å². The second kappa shape index (κ2) is 5.90. The summed E-state index contributed by atoms with van der Waals surface area (Å²) in [5.74, 6) is -2.47. The number of allylic oxidation sites excluding steroid dienone is 4. The number of carboxylic acids is 2. The lowest BCUT2D eigenvalue weighted by Gasteiger charge is -2.38. The lowest BCUT2D eigenvalue weighted by molar-refractivity contribution is -0.187. The van der Waals surface area contributed by atoms with Crippen molar-refractivity contribution in [3.05, 3.63) is 45.4 Å². The van der Waals surface area contributed by atoms with Crippen molar-refractivity contribution < 1.29 is 24.5 Å². The molecule has 5 nitrogen and oxygen atoms in total. The van der Waals surface area contributed by atoms with Gasteiger partial charge >= 0.3 is 11.9 Å². The van der Waals surface area contributed by atoms with Crippen LogP contribution in [-0.4, -0.2) is 33.4 Å². The van der Waals surface area contributed by atoms with Crippen LogP contribution in [0.2, 0.25) is 0 Å². The lowest BCUT2D eigenvalue weighted by atomic mass is 9.90. The number of carboxylic acid groups (broad SMARTS) is 2. The normalized spacial score (nSPS) is 31.5. The SMILES string of the molecule is O=C(O)C1(OC2(C(=O)O)C=CC=C(Br)C2)C=CC=C(Br)C1. The molecule has 0 aromatic rings. The van der Waals surface area contributed by atoms with Gasteiger partial charge in [-0.2, -0.15) is 0 Å². The molecule has 7 heteroatoms. The fourth-order valence-electron chi connectivity index (χ4n) is 2.20. The third-order valence-corrected chi connectivity index (χ3v) is 4.33. The monoisotopic (exact) mass is 418 g/mol. The minimum absolute atomic E-state index is 0.0308. The van der Waals surface area contributed by atoms with Crippen LogP contribution in [0.3, 0.4) is 0 Å². The number of hydrogen-bond donors (Lipinski definition) is 2. The Balaban J connectivity index is 2.40. The standard InChI is InChI=1S/C14H12Br2O5/c15-9-3-1-5-13(7-9,11(17)18)21-14(12(19)20)6-2-4-10(16)8-14/h1-6H,7-8H2,(H,17,18)(H,19,20). The molecule has 0 amide bonds. The molecule has 0 bridgehead atoms. The minimum atomic E-state index is -1.72. The largest absolute Gasteiger partial charge is 0.479 e. The summed E-state index contributed by atoms with van der Waals surface area (Å²) in [6, 6.07) is 0. The Morgan fingerprint density at radius 3 is 1.62 bits per heavy atom. The first-order chi connectivity index (χ1) is 9.80. The van der Waals surface area contributed by atoms with Crippen LogP contribution in [0.25, 0.3) is 0 Å². The number of aliphatic carboxylic acids is 2. The number of hydrogen-bond acceptors (Lipinski definition) is 3. The Bertz CT molecular complexity index is 552. The summed E-state index contributed by atoms with van der Waals surface area (Å²) >= 11 is 6.49. The molecule has 21 heavy (non-hydrogen) atoms. The molecule has 2 atom stereocenters. The quantitative estimate of drug-likeness (QED) is 0.731. The molecule has 0 heterocycles. The van der Waals surface area contributed by atoms with E-state index < -0.39 is 23.1 Å². The molecule has 2 aliphatic carbocycles. The van der Waals surface area contributed by atoms with Crippen LogP contribution in [-0.2, 0) is 14.3 Å². The highest BCUT2D eigenvalue weighted by Gasteiger charge is 2.50. The van der Waals surface area contributed by atoms with Crippen molar-refractivity contribution in [1.82, 2.24) is 0 Å². The van der Waals surface area contributed by atoms with Crippen molar-refractivity contribution in [2.45, 2.75) is 24.0 Å². The maximum absolute atomic E-state index is 11.7. The van der Waals surface area contributed by atoms with E-state index in [-0.39, 0.29) is 12.8 Å². The molecule has 112 valence electrons. The molecule has 0 fully saturated rings. The lowest BCUT2D eigenvalue weighted by Crippen LogP contribution is -2.52. The van der Waals surface area contributed by atoms with E-state index in [1.165, 1.54) is 24.3 Å². The highest BCUT2D eigenvalue weighted by Crippen LogP contribution is 2.39. The average Bonchev–Trinajstić information content (AvgIpc) is 2.38. The molecule has 0 radical (unpaired) electrons. The van der Waals surface area contributed by atoms with E-state index in [0.717, 1.165) is 0 Å². The van der Waals surface area contributed by atoms with Gasteiger partial charge in [0, 0.05) is 12.8 Å². The first-order valence-corrected chi connectivity index (χ1v) is 7.63. The predicted molar refractivity (Wildman–Crippen MR) is 83.4 cm³/mol. The third-order valence-electron chi connectivity index (χ3n) is 3.24. The molecule has 0 aromatic heterocycles. The molecule has 2 aliphatic rings. The van der Waals surface area contributed by atoms with Crippen molar-refractivity contribution in [1.29, 1.82) is 0 Å². The molecular formula is C14H12Br2O5. The smallest absolute Gasteiger partial charge is 0.340 e. The number of rotatable bonds is 4. The number of halogens is 2. The van der Waals surface area contributed by atoms with Gasteiger partial charge in [0.25, 0.3) is 0 Å². The fraction of sp³-hybridized carbons (Fsp3) is 0.286. The van der Waals surface area contributed by atoms with Gasteiger partial charge in [0.1, 0.15) is 0 Å². The van der Waals surface area contributed by atoms with Gasteiger partial charge in [-0.05, 0) is 21.1 Å². The number of ether oxygens (including phenoxy) is 1. The highest BCUT2D eigenvalue weighted by molar-refractivity contribution is 9.12. The van der Waals surface area contributed by atoms with E-state index in [9.17, 15) is 19.8 Å². The first-order valence-electron chi connectivity index (χ1n) is 6.04. The van der Waals surface area contributed by atoms with Crippen LogP contribution in [0, 0.1) is 0 Å². The summed E-state index contributed by atoms with van der Waals surface area (Å²) in [7, 11) is 0. The minimum Gasteiger partial charge on any atom is -0.479 e. The van der Waals surface area contributed by atoms with E-state index in [0.29, 0.717) is 8.96 Å². The summed E-state index contributed by atoms with van der Waals surface area (Å²) in [5, 5.41) is 19.1. The molecule has 0 aromatic carbocycles. The van der Waals surface area contributed by atoms with Gasteiger partial charge in [0.05, 0.1) is 0 Å². The maximum atomic E-state index is 11.7. The summed E-state index contributed by atoms with van der Waals surface area (Å²) < 4.78 is 6.91. The summed E-state index contributed by atoms with van der Waals surface area (Å²) in [6.45, 7) is 0. The zero-order chi connectivity index (χ0) is 15.7. The molecule has 2 rings (SSSR count). The highest BCUT2D eigenvalue weighted by atomic mass is 79.9. The van der Waals surface area contributed by atoms with Gasteiger partial charge in [0.2, 0.25) is 0 Å². The van der Waals surface area contributed by atoms with Gasteiger partial charge in [-0.25, -0.2) is 9.59 Å². The molecular weight excluding hydrogens is 408 g/mol. The first kappa shape index (κ1) is 16.2. The van der Waals surface area contributed by atoms with E-state index >= 15 is 0 Å². The van der Waals surface area contributed by atoms with Crippen LogP contribution in [0.5, 0.6) is 0 Å². The molecule has 0 saturated heterocycles. The van der Waals surface area contributed by atoms with Crippen molar-refractivity contribution >= 4 is 43.8 Å².